The van der Waals surface area contributed by atoms with Crippen molar-refractivity contribution in [3.8, 4) is 11.5 Å². The minimum Gasteiger partial charge on any atom is -0.496 e. The first-order valence-corrected chi connectivity index (χ1v) is 6.66. The van der Waals surface area contributed by atoms with Crippen LogP contribution in [-0.2, 0) is 9.53 Å². The SMILES string of the molecule is COc1cc(F)c(O[C@H]2C[C@@](C)(C(=O)OC)C2)cc1C(=O)O. The highest BCUT2D eigenvalue weighted by atomic mass is 19.1. The lowest BCUT2D eigenvalue weighted by Gasteiger charge is -2.42. The Labute approximate surface area is 126 Å². The molecule has 1 saturated carbocycles. The van der Waals surface area contributed by atoms with Gasteiger partial charge in [0.05, 0.1) is 19.6 Å². The number of carboxylic acid groups (broad SMARTS) is 1. The Morgan fingerprint density at radius 3 is 2.41 bits per heavy atom. The van der Waals surface area contributed by atoms with Crippen molar-refractivity contribution >= 4 is 11.9 Å². The summed E-state index contributed by atoms with van der Waals surface area (Å²) in [7, 11) is 2.57. The summed E-state index contributed by atoms with van der Waals surface area (Å²) in [4.78, 5) is 22.7. The molecule has 1 N–H and O–H groups in total. The van der Waals surface area contributed by atoms with Gasteiger partial charge in [-0.1, -0.05) is 0 Å². The van der Waals surface area contributed by atoms with E-state index in [4.69, 9.17) is 19.3 Å². The number of hydrogen-bond acceptors (Lipinski definition) is 5. The van der Waals surface area contributed by atoms with Crippen molar-refractivity contribution in [1.82, 2.24) is 0 Å². The Kier molecular flexibility index (Phi) is 4.25. The van der Waals surface area contributed by atoms with Crippen LogP contribution in [0.2, 0.25) is 0 Å². The van der Waals surface area contributed by atoms with Gasteiger partial charge in [-0.05, 0) is 6.92 Å². The molecule has 0 bridgehead atoms. The molecule has 7 heteroatoms. The second kappa shape index (κ2) is 5.82. The van der Waals surface area contributed by atoms with E-state index in [1.54, 1.807) is 6.92 Å². The number of rotatable bonds is 5. The molecule has 0 aliphatic heterocycles. The van der Waals surface area contributed by atoms with Crippen LogP contribution < -0.4 is 9.47 Å². The molecule has 22 heavy (non-hydrogen) atoms. The number of carboxylic acids is 1. The van der Waals surface area contributed by atoms with Crippen molar-refractivity contribution in [3.63, 3.8) is 0 Å². The van der Waals surface area contributed by atoms with E-state index < -0.39 is 17.2 Å². The van der Waals surface area contributed by atoms with Gasteiger partial charge in [-0.25, -0.2) is 9.18 Å². The van der Waals surface area contributed by atoms with E-state index in [2.05, 4.69) is 0 Å². The fourth-order valence-corrected chi connectivity index (χ4v) is 2.58. The fourth-order valence-electron chi connectivity index (χ4n) is 2.58. The highest BCUT2D eigenvalue weighted by Crippen LogP contribution is 2.44. The van der Waals surface area contributed by atoms with Crippen LogP contribution in [-0.4, -0.2) is 37.4 Å². The average molecular weight is 312 g/mol. The molecule has 1 fully saturated rings. The third-order valence-electron chi connectivity index (χ3n) is 3.81. The smallest absolute Gasteiger partial charge is 0.339 e. The summed E-state index contributed by atoms with van der Waals surface area (Å²) in [6, 6.07) is 2.06. The van der Waals surface area contributed by atoms with Gasteiger partial charge in [-0.3, -0.25) is 4.79 Å². The van der Waals surface area contributed by atoms with E-state index in [1.807, 2.05) is 0 Å². The van der Waals surface area contributed by atoms with E-state index in [9.17, 15) is 14.0 Å². The van der Waals surface area contributed by atoms with Crippen molar-refractivity contribution in [3.05, 3.63) is 23.5 Å². The van der Waals surface area contributed by atoms with Crippen LogP contribution in [0.1, 0.15) is 30.1 Å². The second-order valence-corrected chi connectivity index (χ2v) is 5.49. The zero-order chi connectivity index (χ0) is 16.5. The number of methoxy groups -OCH3 is 2. The predicted octanol–water partition coefficient (Wildman–Crippen LogP) is 2.25. The summed E-state index contributed by atoms with van der Waals surface area (Å²) >= 11 is 0. The van der Waals surface area contributed by atoms with Crippen LogP contribution in [0.3, 0.4) is 0 Å². The van der Waals surface area contributed by atoms with Gasteiger partial charge in [0.2, 0.25) is 0 Å². The molecule has 0 heterocycles. The van der Waals surface area contributed by atoms with Gasteiger partial charge >= 0.3 is 11.9 Å². The number of halogens is 1. The van der Waals surface area contributed by atoms with Gasteiger partial charge in [0.1, 0.15) is 17.4 Å². The molecule has 0 unspecified atom stereocenters. The van der Waals surface area contributed by atoms with Gasteiger partial charge in [-0.2, -0.15) is 0 Å². The molecule has 1 aliphatic carbocycles. The van der Waals surface area contributed by atoms with Crippen molar-refractivity contribution in [2.24, 2.45) is 5.41 Å². The highest BCUT2D eigenvalue weighted by Gasteiger charge is 2.48. The van der Waals surface area contributed by atoms with Crippen molar-refractivity contribution in [2.75, 3.05) is 14.2 Å². The minimum absolute atomic E-state index is 0.0784. The first-order chi connectivity index (χ1) is 10.3. The zero-order valence-electron chi connectivity index (χ0n) is 12.5. The van der Waals surface area contributed by atoms with Crippen LogP contribution in [0.5, 0.6) is 11.5 Å². The van der Waals surface area contributed by atoms with Crippen LogP contribution in [0.25, 0.3) is 0 Å². The van der Waals surface area contributed by atoms with Crippen LogP contribution in [0, 0.1) is 11.2 Å². The maximum Gasteiger partial charge on any atom is 0.339 e. The van der Waals surface area contributed by atoms with Crippen LogP contribution in [0.4, 0.5) is 4.39 Å². The van der Waals surface area contributed by atoms with E-state index in [1.165, 1.54) is 14.2 Å². The van der Waals surface area contributed by atoms with Crippen molar-refractivity contribution in [1.29, 1.82) is 0 Å². The highest BCUT2D eigenvalue weighted by molar-refractivity contribution is 5.91. The molecular formula is C15H17FO6. The first kappa shape index (κ1) is 16.1. The predicted molar refractivity (Wildman–Crippen MR) is 73.7 cm³/mol. The van der Waals surface area contributed by atoms with Gasteiger partial charge < -0.3 is 19.3 Å². The third-order valence-corrected chi connectivity index (χ3v) is 3.81. The van der Waals surface area contributed by atoms with E-state index in [0.717, 1.165) is 12.1 Å². The Morgan fingerprint density at radius 2 is 1.91 bits per heavy atom. The number of benzene rings is 1. The zero-order valence-corrected chi connectivity index (χ0v) is 12.5. The van der Waals surface area contributed by atoms with Gasteiger partial charge in [0.15, 0.2) is 11.6 Å². The van der Waals surface area contributed by atoms with E-state index in [0.29, 0.717) is 12.8 Å². The van der Waals surface area contributed by atoms with Gasteiger partial charge in [0, 0.05) is 25.0 Å². The Hall–Kier alpha value is -2.31. The molecule has 1 aliphatic rings. The number of hydrogen-bond donors (Lipinski definition) is 1. The molecule has 1 aromatic rings. The molecule has 120 valence electrons. The standard InChI is InChI=1S/C15H17FO6/c1-15(14(19)21-3)6-8(7-15)22-12-4-9(13(17)18)11(20-2)5-10(12)16/h4-5,8H,6-7H2,1-3H3,(H,17,18)/t8-,15+. The summed E-state index contributed by atoms with van der Waals surface area (Å²) in [5.41, 5.74) is -0.827. The number of esters is 1. The van der Waals surface area contributed by atoms with E-state index >= 15 is 0 Å². The number of aromatic carboxylic acids is 1. The summed E-state index contributed by atoms with van der Waals surface area (Å²) in [5.74, 6) is -2.54. The maximum atomic E-state index is 13.9. The molecule has 0 aromatic heterocycles. The average Bonchev–Trinajstić information content (AvgIpc) is 2.45. The van der Waals surface area contributed by atoms with Crippen molar-refractivity contribution in [2.45, 2.75) is 25.9 Å². The Morgan fingerprint density at radius 1 is 1.27 bits per heavy atom. The lowest BCUT2D eigenvalue weighted by atomic mass is 9.68. The molecule has 0 amide bonds. The quantitative estimate of drug-likeness (QED) is 0.840. The minimum atomic E-state index is -1.24. The number of ether oxygens (including phenoxy) is 3. The molecule has 0 radical (unpaired) electrons. The number of carbonyl (C=O) groups is 2. The molecule has 1 aromatic carbocycles. The molecule has 0 saturated heterocycles. The Bertz CT molecular complexity index is 606. The fraction of sp³-hybridized carbons (Fsp3) is 0.467. The topological polar surface area (TPSA) is 82.1 Å². The molecule has 6 nitrogen and oxygen atoms in total. The van der Waals surface area contributed by atoms with E-state index in [-0.39, 0.29) is 29.1 Å². The largest absolute Gasteiger partial charge is 0.496 e. The Balaban J connectivity index is 2.13. The normalized spacial score (nSPS) is 23.4. The molecule has 2 rings (SSSR count). The molecular weight excluding hydrogens is 295 g/mol. The van der Waals surface area contributed by atoms with Crippen molar-refractivity contribution < 1.29 is 33.3 Å². The van der Waals surface area contributed by atoms with Crippen LogP contribution >= 0.6 is 0 Å². The number of carbonyl (C=O) groups excluding carboxylic acids is 1. The summed E-state index contributed by atoms with van der Waals surface area (Å²) in [6.07, 6.45) is 0.398. The molecule has 0 atom stereocenters. The lowest BCUT2D eigenvalue weighted by Crippen LogP contribution is -2.47. The summed E-state index contributed by atoms with van der Waals surface area (Å²) in [5, 5.41) is 9.09. The monoisotopic (exact) mass is 312 g/mol. The lowest BCUT2D eigenvalue weighted by molar-refractivity contribution is -0.163. The van der Waals surface area contributed by atoms with Crippen LogP contribution in [0.15, 0.2) is 12.1 Å². The maximum absolute atomic E-state index is 13.9. The first-order valence-electron chi connectivity index (χ1n) is 6.66. The summed E-state index contributed by atoms with van der Waals surface area (Å²) in [6.45, 7) is 1.74. The summed E-state index contributed by atoms with van der Waals surface area (Å²) < 4.78 is 28.9. The third kappa shape index (κ3) is 2.84. The molecule has 0 spiro atoms. The second-order valence-electron chi connectivity index (χ2n) is 5.49. The van der Waals surface area contributed by atoms with Gasteiger partial charge in [0.25, 0.3) is 0 Å². The van der Waals surface area contributed by atoms with Gasteiger partial charge in [-0.15, -0.1) is 0 Å².